The minimum atomic E-state index is -0.274. The highest BCUT2D eigenvalue weighted by atomic mass is 35.5. The lowest BCUT2D eigenvalue weighted by atomic mass is 10.1. The van der Waals surface area contributed by atoms with Crippen LogP contribution in [0.5, 0.6) is 0 Å². The number of nitrogens with zero attached hydrogens (tertiary/aromatic N) is 2. The molecule has 1 unspecified atom stereocenters. The van der Waals surface area contributed by atoms with Crippen LogP contribution >= 0.6 is 11.6 Å². The van der Waals surface area contributed by atoms with Crippen molar-refractivity contribution in [2.75, 3.05) is 32.8 Å². The van der Waals surface area contributed by atoms with Gasteiger partial charge in [-0.3, -0.25) is 9.59 Å². The molecule has 6 heteroatoms. The van der Waals surface area contributed by atoms with E-state index in [4.69, 9.17) is 16.3 Å². The maximum absolute atomic E-state index is 12.4. The fraction of sp³-hybridized carbons (Fsp3) is 0.529. The van der Waals surface area contributed by atoms with Crippen LogP contribution in [0.4, 0.5) is 0 Å². The third kappa shape index (κ3) is 4.03. The van der Waals surface area contributed by atoms with Crippen LogP contribution in [0.1, 0.15) is 18.4 Å². The van der Waals surface area contributed by atoms with Crippen LogP contribution in [-0.4, -0.2) is 60.5 Å². The Labute approximate surface area is 141 Å². The molecule has 1 aromatic carbocycles. The van der Waals surface area contributed by atoms with Gasteiger partial charge in [-0.15, -0.1) is 0 Å². The first-order chi connectivity index (χ1) is 11.1. The lowest BCUT2D eigenvalue weighted by Gasteiger charge is -2.35. The normalized spacial score (nSPS) is 21.5. The molecule has 2 saturated heterocycles. The van der Waals surface area contributed by atoms with Crippen molar-refractivity contribution in [1.82, 2.24) is 9.80 Å². The van der Waals surface area contributed by atoms with E-state index < -0.39 is 0 Å². The van der Waals surface area contributed by atoms with E-state index in [1.807, 2.05) is 28.0 Å². The lowest BCUT2D eigenvalue weighted by molar-refractivity contribution is -0.145. The summed E-state index contributed by atoms with van der Waals surface area (Å²) in [5.74, 6) is 0.154. The van der Waals surface area contributed by atoms with Gasteiger partial charge >= 0.3 is 0 Å². The minimum Gasteiger partial charge on any atom is -0.368 e. The zero-order chi connectivity index (χ0) is 16.2. The average Bonchev–Trinajstić information content (AvgIpc) is 3.09. The van der Waals surface area contributed by atoms with Crippen LogP contribution in [0.3, 0.4) is 0 Å². The van der Waals surface area contributed by atoms with Crippen molar-refractivity contribution in [2.24, 2.45) is 0 Å². The average molecular weight is 337 g/mol. The molecule has 1 atom stereocenters. The molecule has 0 spiro atoms. The summed E-state index contributed by atoms with van der Waals surface area (Å²) in [4.78, 5) is 28.3. The van der Waals surface area contributed by atoms with Gasteiger partial charge in [0.05, 0.1) is 6.42 Å². The molecule has 0 saturated carbocycles. The lowest BCUT2D eigenvalue weighted by Crippen LogP contribution is -2.53. The van der Waals surface area contributed by atoms with Gasteiger partial charge in [0.15, 0.2) is 0 Å². The number of carbonyl (C=O) groups is 2. The van der Waals surface area contributed by atoms with E-state index in [0.717, 1.165) is 18.4 Å². The molecule has 23 heavy (non-hydrogen) atoms. The van der Waals surface area contributed by atoms with Gasteiger partial charge in [0.2, 0.25) is 5.91 Å². The van der Waals surface area contributed by atoms with Crippen LogP contribution < -0.4 is 0 Å². The first-order valence-electron chi connectivity index (χ1n) is 8.06. The van der Waals surface area contributed by atoms with Crippen molar-refractivity contribution in [3.63, 3.8) is 0 Å². The number of piperazine rings is 1. The van der Waals surface area contributed by atoms with Gasteiger partial charge < -0.3 is 14.5 Å². The van der Waals surface area contributed by atoms with E-state index in [1.54, 1.807) is 6.07 Å². The Morgan fingerprint density at radius 3 is 2.57 bits per heavy atom. The second-order valence-electron chi connectivity index (χ2n) is 6.01. The van der Waals surface area contributed by atoms with Gasteiger partial charge in [-0.05, 0) is 30.5 Å². The third-order valence-corrected chi connectivity index (χ3v) is 4.63. The number of hydrogen-bond acceptors (Lipinski definition) is 3. The van der Waals surface area contributed by atoms with Crippen LogP contribution in [0.25, 0.3) is 0 Å². The van der Waals surface area contributed by atoms with Gasteiger partial charge in [-0.1, -0.05) is 23.7 Å². The Kier molecular flexibility index (Phi) is 5.18. The molecule has 0 bridgehead atoms. The summed E-state index contributed by atoms with van der Waals surface area (Å²) in [6.07, 6.45) is 1.84. The molecule has 124 valence electrons. The predicted molar refractivity (Wildman–Crippen MR) is 87.3 cm³/mol. The molecular weight excluding hydrogens is 316 g/mol. The molecule has 0 aromatic heterocycles. The highest BCUT2D eigenvalue weighted by molar-refractivity contribution is 6.30. The van der Waals surface area contributed by atoms with E-state index in [1.165, 1.54) is 0 Å². The van der Waals surface area contributed by atoms with Gasteiger partial charge in [0.1, 0.15) is 6.10 Å². The van der Waals surface area contributed by atoms with Crippen molar-refractivity contribution < 1.29 is 14.3 Å². The van der Waals surface area contributed by atoms with Crippen LogP contribution in [0.15, 0.2) is 24.3 Å². The highest BCUT2D eigenvalue weighted by Crippen LogP contribution is 2.17. The minimum absolute atomic E-state index is 0.0736. The largest absolute Gasteiger partial charge is 0.368 e. The number of rotatable bonds is 3. The molecule has 2 heterocycles. The Bertz CT molecular complexity index is 579. The van der Waals surface area contributed by atoms with Crippen molar-refractivity contribution in [3.8, 4) is 0 Å². The monoisotopic (exact) mass is 336 g/mol. The maximum Gasteiger partial charge on any atom is 0.251 e. The quantitative estimate of drug-likeness (QED) is 0.844. The maximum atomic E-state index is 12.4. The Hall–Kier alpha value is -1.59. The molecule has 2 aliphatic rings. The second kappa shape index (κ2) is 7.32. The zero-order valence-corrected chi connectivity index (χ0v) is 13.8. The van der Waals surface area contributed by atoms with Crippen molar-refractivity contribution in [2.45, 2.75) is 25.4 Å². The fourth-order valence-electron chi connectivity index (χ4n) is 3.09. The number of benzene rings is 1. The second-order valence-corrected chi connectivity index (χ2v) is 6.45. The van der Waals surface area contributed by atoms with E-state index >= 15 is 0 Å². The molecule has 1 aromatic rings. The van der Waals surface area contributed by atoms with E-state index in [9.17, 15) is 9.59 Å². The van der Waals surface area contributed by atoms with Crippen molar-refractivity contribution in [1.29, 1.82) is 0 Å². The topological polar surface area (TPSA) is 49.9 Å². The first-order valence-corrected chi connectivity index (χ1v) is 8.44. The van der Waals surface area contributed by atoms with Gasteiger partial charge in [-0.2, -0.15) is 0 Å². The fourth-order valence-corrected chi connectivity index (χ4v) is 3.30. The Morgan fingerprint density at radius 1 is 1.17 bits per heavy atom. The molecule has 0 aliphatic carbocycles. The van der Waals surface area contributed by atoms with E-state index in [-0.39, 0.29) is 17.9 Å². The summed E-state index contributed by atoms with van der Waals surface area (Å²) in [7, 11) is 0. The number of amides is 2. The molecular formula is C17H21ClN2O3. The zero-order valence-electron chi connectivity index (χ0n) is 13.0. The molecule has 3 rings (SSSR count). The van der Waals surface area contributed by atoms with E-state index in [0.29, 0.717) is 44.2 Å². The van der Waals surface area contributed by atoms with E-state index in [2.05, 4.69) is 0 Å². The Morgan fingerprint density at radius 2 is 1.91 bits per heavy atom. The van der Waals surface area contributed by atoms with Crippen molar-refractivity contribution in [3.05, 3.63) is 34.9 Å². The highest BCUT2D eigenvalue weighted by Gasteiger charge is 2.31. The summed E-state index contributed by atoms with van der Waals surface area (Å²) in [6, 6.07) is 7.37. The van der Waals surface area contributed by atoms with Crippen LogP contribution in [0.2, 0.25) is 5.02 Å². The molecule has 2 aliphatic heterocycles. The number of carbonyl (C=O) groups excluding carboxylic acids is 2. The first kappa shape index (κ1) is 16.3. The number of hydrogen-bond donors (Lipinski definition) is 0. The summed E-state index contributed by atoms with van der Waals surface area (Å²) >= 11 is 5.95. The summed E-state index contributed by atoms with van der Waals surface area (Å²) < 4.78 is 5.45. The number of ether oxygens (including phenoxy) is 1. The summed E-state index contributed by atoms with van der Waals surface area (Å²) in [5, 5.41) is 0.641. The molecule has 2 fully saturated rings. The third-order valence-electron chi connectivity index (χ3n) is 4.39. The van der Waals surface area contributed by atoms with Gasteiger partial charge in [-0.25, -0.2) is 0 Å². The molecule has 0 radical (unpaired) electrons. The molecule has 2 amide bonds. The van der Waals surface area contributed by atoms with Crippen LogP contribution in [0, 0.1) is 0 Å². The molecule has 5 nitrogen and oxygen atoms in total. The standard InChI is InChI=1S/C17H21ClN2O3/c18-14-4-1-3-13(11-14)12-16(21)19-6-8-20(9-7-19)17(22)15-5-2-10-23-15/h1,3-4,11,15H,2,5-10,12H2. The smallest absolute Gasteiger partial charge is 0.251 e. The predicted octanol–water partition coefficient (Wildman–Crippen LogP) is 1.73. The summed E-state index contributed by atoms with van der Waals surface area (Å²) in [5.41, 5.74) is 0.917. The Balaban J connectivity index is 1.50. The van der Waals surface area contributed by atoms with Gasteiger partial charge in [0, 0.05) is 37.8 Å². The van der Waals surface area contributed by atoms with Gasteiger partial charge in [0.25, 0.3) is 5.91 Å². The summed E-state index contributed by atoms with van der Waals surface area (Å²) in [6.45, 7) is 3.00. The van der Waals surface area contributed by atoms with Crippen LogP contribution in [-0.2, 0) is 20.7 Å². The SMILES string of the molecule is O=C(Cc1cccc(Cl)c1)N1CCN(C(=O)C2CCCO2)CC1. The molecule has 0 N–H and O–H groups in total. The number of halogens is 1. The van der Waals surface area contributed by atoms with Crippen molar-refractivity contribution >= 4 is 23.4 Å².